The van der Waals surface area contributed by atoms with Crippen molar-refractivity contribution in [3.8, 4) is 5.75 Å². The van der Waals surface area contributed by atoms with Crippen LogP contribution in [-0.2, 0) is 13.6 Å². The van der Waals surface area contributed by atoms with Crippen molar-refractivity contribution in [2.75, 3.05) is 7.11 Å². The zero-order valence-electron chi connectivity index (χ0n) is 12.6. The minimum Gasteiger partial charge on any atom is -0.497 e. The lowest BCUT2D eigenvalue weighted by Crippen LogP contribution is -2.16. The zero-order valence-corrected chi connectivity index (χ0v) is 13.4. The van der Waals surface area contributed by atoms with Crippen LogP contribution >= 0.6 is 11.3 Å². The Kier molecular flexibility index (Phi) is 3.81. The van der Waals surface area contributed by atoms with Crippen molar-refractivity contribution in [3.63, 3.8) is 0 Å². The summed E-state index contributed by atoms with van der Waals surface area (Å²) in [5.74, 6) is 0.459. The lowest BCUT2D eigenvalue weighted by molar-refractivity contribution is 0.0992. The molecule has 6 nitrogen and oxygen atoms in total. The Labute approximate surface area is 131 Å². The number of rotatable bonds is 3. The number of hydrogen-bond acceptors (Lipinski definition) is 4. The Morgan fingerprint density at radius 2 is 2.23 bits per heavy atom. The molecule has 22 heavy (non-hydrogen) atoms. The number of aryl methyl sites for hydroxylation is 2. The van der Waals surface area contributed by atoms with Crippen LogP contribution in [0.1, 0.15) is 17.4 Å². The average molecular weight is 316 g/mol. The summed E-state index contributed by atoms with van der Waals surface area (Å²) >= 11 is 1.47. The van der Waals surface area contributed by atoms with Gasteiger partial charge in [0.05, 0.1) is 17.3 Å². The van der Waals surface area contributed by atoms with Crippen LogP contribution in [0.15, 0.2) is 35.5 Å². The Hall–Kier alpha value is -2.41. The third-order valence-corrected chi connectivity index (χ3v) is 4.38. The number of hydrogen-bond donors (Lipinski definition) is 0. The predicted molar refractivity (Wildman–Crippen MR) is 85.1 cm³/mol. The van der Waals surface area contributed by atoms with Gasteiger partial charge in [-0.25, -0.2) is 0 Å². The molecule has 2 heterocycles. The van der Waals surface area contributed by atoms with Gasteiger partial charge >= 0.3 is 0 Å². The lowest BCUT2D eigenvalue weighted by atomic mass is 10.3. The summed E-state index contributed by atoms with van der Waals surface area (Å²) in [4.78, 5) is 17.1. The molecule has 1 aromatic carbocycles. The van der Waals surface area contributed by atoms with Crippen molar-refractivity contribution < 1.29 is 9.53 Å². The van der Waals surface area contributed by atoms with Crippen LogP contribution in [0, 0.1) is 0 Å². The van der Waals surface area contributed by atoms with Crippen LogP contribution in [0.2, 0.25) is 0 Å². The fourth-order valence-corrected chi connectivity index (χ4v) is 3.37. The Morgan fingerprint density at radius 3 is 2.86 bits per heavy atom. The number of ether oxygens (including phenoxy) is 1. The normalized spacial score (nSPS) is 12.0. The first-order chi connectivity index (χ1) is 10.6. The van der Waals surface area contributed by atoms with E-state index in [1.165, 1.54) is 11.3 Å². The lowest BCUT2D eigenvalue weighted by Gasteiger charge is -2.01. The highest BCUT2D eigenvalue weighted by molar-refractivity contribution is 7.16. The van der Waals surface area contributed by atoms with E-state index >= 15 is 0 Å². The van der Waals surface area contributed by atoms with Crippen LogP contribution in [0.4, 0.5) is 0 Å². The zero-order chi connectivity index (χ0) is 15.7. The van der Waals surface area contributed by atoms with Gasteiger partial charge in [0.25, 0.3) is 5.91 Å². The second-order valence-corrected chi connectivity index (χ2v) is 5.76. The van der Waals surface area contributed by atoms with E-state index in [4.69, 9.17) is 4.74 Å². The van der Waals surface area contributed by atoms with E-state index in [0.29, 0.717) is 10.5 Å². The minimum atomic E-state index is -0.332. The van der Waals surface area contributed by atoms with Crippen molar-refractivity contribution in [2.24, 2.45) is 12.0 Å². The van der Waals surface area contributed by atoms with Gasteiger partial charge in [-0.2, -0.15) is 10.1 Å². The Balaban J connectivity index is 2.13. The van der Waals surface area contributed by atoms with Crippen molar-refractivity contribution >= 4 is 27.5 Å². The van der Waals surface area contributed by atoms with Crippen molar-refractivity contribution in [2.45, 2.75) is 13.5 Å². The van der Waals surface area contributed by atoms with Crippen LogP contribution in [0.5, 0.6) is 5.75 Å². The number of thiazole rings is 1. The molecule has 0 unspecified atom stereocenters. The van der Waals surface area contributed by atoms with Crippen molar-refractivity contribution in [1.82, 2.24) is 14.3 Å². The van der Waals surface area contributed by atoms with E-state index in [1.807, 2.05) is 29.7 Å². The first-order valence-electron chi connectivity index (χ1n) is 6.88. The van der Waals surface area contributed by atoms with Crippen LogP contribution in [0.3, 0.4) is 0 Å². The van der Waals surface area contributed by atoms with E-state index in [2.05, 4.69) is 10.1 Å². The van der Waals surface area contributed by atoms with Gasteiger partial charge in [0.1, 0.15) is 5.75 Å². The largest absolute Gasteiger partial charge is 0.497 e. The molecule has 0 aliphatic rings. The highest BCUT2D eigenvalue weighted by Gasteiger charge is 2.10. The number of carbonyl (C=O) groups is 1. The molecule has 1 amide bonds. The van der Waals surface area contributed by atoms with E-state index in [1.54, 1.807) is 31.1 Å². The van der Waals surface area contributed by atoms with Crippen molar-refractivity contribution in [1.29, 1.82) is 0 Å². The Morgan fingerprint density at radius 1 is 1.41 bits per heavy atom. The summed E-state index contributed by atoms with van der Waals surface area (Å²) in [5, 5.41) is 4.09. The second-order valence-electron chi connectivity index (χ2n) is 4.75. The minimum absolute atomic E-state index is 0.332. The van der Waals surface area contributed by atoms with Crippen molar-refractivity contribution in [3.05, 3.63) is 41.0 Å². The number of nitrogens with zero attached hydrogens (tertiary/aromatic N) is 4. The van der Waals surface area contributed by atoms with E-state index in [0.717, 1.165) is 22.5 Å². The molecular weight excluding hydrogens is 300 g/mol. The second kappa shape index (κ2) is 5.76. The van der Waals surface area contributed by atoms with Gasteiger partial charge in [0, 0.05) is 19.8 Å². The predicted octanol–water partition coefficient (Wildman–Crippen LogP) is 2.21. The summed E-state index contributed by atoms with van der Waals surface area (Å²) < 4.78 is 9.89. The van der Waals surface area contributed by atoms with E-state index in [9.17, 15) is 4.79 Å². The molecule has 3 rings (SSSR count). The highest BCUT2D eigenvalue weighted by atomic mass is 32.1. The molecule has 0 fully saturated rings. The first-order valence-corrected chi connectivity index (χ1v) is 7.70. The molecule has 7 heteroatoms. The summed E-state index contributed by atoms with van der Waals surface area (Å²) in [6.07, 6.45) is 1.73. The van der Waals surface area contributed by atoms with Crippen LogP contribution in [-0.4, -0.2) is 27.4 Å². The number of methoxy groups -OCH3 is 1. The summed E-state index contributed by atoms with van der Waals surface area (Å²) in [6.45, 7) is 2.77. The Bertz CT molecular complexity index is 904. The third kappa shape index (κ3) is 2.55. The van der Waals surface area contributed by atoms with Gasteiger partial charge in [-0.3, -0.25) is 9.48 Å². The number of amides is 1. The fourth-order valence-electron chi connectivity index (χ4n) is 2.24. The monoisotopic (exact) mass is 316 g/mol. The van der Waals surface area contributed by atoms with Gasteiger partial charge in [-0.1, -0.05) is 11.3 Å². The standard InChI is InChI=1S/C15H16N4O2S/c1-4-19-12-6-5-10(21-3)9-13(12)22-15(19)16-14(20)11-7-8-18(2)17-11/h5-9H,4H2,1-3H3. The molecule has 3 aromatic rings. The molecule has 0 aliphatic heterocycles. The highest BCUT2D eigenvalue weighted by Crippen LogP contribution is 2.23. The molecule has 0 saturated carbocycles. The van der Waals surface area contributed by atoms with Crippen LogP contribution in [0.25, 0.3) is 10.2 Å². The molecule has 0 radical (unpaired) electrons. The van der Waals surface area contributed by atoms with Gasteiger partial charge in [0.15, 0.2) is 10.5 Å². The third-order valence-electron chi connectivity index (χ3n) is 3.34. The molecule has 0 N–H and O–H groups in total. The van der Waals surface area contributed by atoms with E-state index < -0.39 is 0 Å². The fraction of sp³-hybridized carbons (Fsp3) is 0.267. The maximum Gasteiger partial charge on any atom is 0.300 e. The average Bonchev–Trinajstić information content (AvgIpc) is 3.09. The first kappa shape index (κ1) is 14.5. The number of benzene rings is 1. The van der Waals surface area contributed by atoms with Gasteiger partial charge < -0.3 is 9.30 Å². The molecule has 0 atom stereocenters. The van der Waals surface area contributed by atoms with Crippen LogP contribution < -0.4 is 9.54 Å². The van der Waals surface area contributed by atoms with Gasteiger partial charge in [0.2, 0.25) is 0 Å². The molecule has 114 valence electrons. The molecule has 0 saturated heterocycles. The SMILES string of the molecule is CCn1c(=NC(=O)c2ccn(C)n2)sc2cc(OC)ccc21. The topological polar surface area (TPSA) is 61.4 Å². The quantitative estimate of drug-likeness (QED) is 0.744. The number of fused-ring (bicyclic) bond motifs is 1. The van der Waals surface area contributed by atoms with Gasteiger partial charge in [-0.05, 0) is 31.2 Å². The molecular formula is C15H16N4O2S. The molecule has 0 spiro atoms. The summed E-state index contributed by atoms with van der Waals surface area (Å²) in [7, 11) is 3.41. The number of carbonyl (C=O) groups excluding carboxylic acids is 1. The maximum absolute atomic E-state index is 12.2. The smallest absolute Gasteiger partial charge is 0.300 e. The summed E-state index contributed by atoms with van der Waals surface area (Å²) in [5.41, 5.74) is 1.39. The molecule has 0 aliphatic carbocycles. The molecule has 2 aromatic heterocycles. The summed E-state index contributed by atoms with van der Waals surface area (Å²) in [6, 6.07) is 7.51. The maximum atomic E-state index is 12.2. The van der Waals surface area contributed by atoms with E-state index in [-0.39, 0.29) is 5.91 Å². The molecule has 0 bridgehead atoms. The number of aromatic nitrogens is 3. The van der Waals surface area contributed by atoms with Gasteiger partial charge in [-0.15, -0.1) is 0 Å².